The molecule has 0 bridgehead atoms. The minimum Gasteiger partial charge on any atom is -0.354 e. The van der Waals surface area contributed by atoms with Gasteiger partial charge in [-0.25, -0.2) is 4.98 Å². The summed E-state index contributed by atoms with van der Waals surface area (Å²) in [5, 5.41) is 4.84. The van der Waals surface area contributed by atoms with Crippen LogP contribution in [0.3, 0.4) is 0 Å². The van der Waals surface area contributed by atoms with Gasteiger partial charge in [0.25, 0.3) is 5.91 Å². The molecule has 1 aromatic carbocycles. The molecule has 134 valence electrons. The van der Waals surface area contributed by atoms with Crippen molar-refractivity contribution in [1.29, 1.82) is 0 Å². The second kappa shape index (κ2) is 7.29. The summed E-state index contributed by atoms with van der Waals surface area (Å²) in [4.78, 5) is 35.3. The molecule has 6 nitrogen and oxygen atoms in total. The molecule has 1 atom stereocenters. The Hall–Kier alpha value is -2.67. The van der Waals surface area contributed by atoms with Crippen molar-refractivity contribution >= 4 is 34.2 Å². The van der Waals surface area contributed by atoms with Crippen LogP contribution in [-0.2, 0) is 11.2 Å². The number of amides is 2. The predicted octanol–water partition coefficient (Wildman–Crippen LogP) is 2.59. The summed E-state index contributed by atoms with van der Waals surface area (Å²) < 4.78 is 0. The van der Waals surface area contributed by atoms with E-state index in [1.807, 2.05) is 41.8 Å². The molecular weight excluding hydrogens is 348 g/mol. The SMILES string of the molecule is O=C(NCCc1nc2ccccc2[nH]1)[C@@H]1CCCN1C(=O)c1cccs1. The number of hydrogen-bond donors (Lipinski definition) is 2. The summed E-state index contributed by atoms with van der Waals surface area (Å²) in [5.74, 6) is 0.725. The summed E-state index contributed by atoms with van der Waals surface area (Å²) in [6, 6.07) is 11.1. The fourth-order valence-electron chi connectivity index (χ4n) is 3.37. The molecule has 2 N–H and O–H groups in total. The highest BCUT2D eigenvalue weighted by Gasteiger charge is 2.34. The number of carbonyl (C=O) groups is 2. The van der Waals surface area contributed by atoms with Crippen LogP contribution in [0.1, 0.15) is 28.3 Å². The van der Waals surface area contributed by atoms with Crippen LogP contribution in [0.15, 0.2) is 41.8 Å². The lowest BCUT2D eigenvalue weighted by Crippen LogP contribution is -2.46. The molecule has 3 aromatic rings. The van der Waals surface area contributed by atoms with Gasteiger partial charge in [0.1, 0.15) is 11.9 Å². The summed E-state index contributed by atoms with van der Waals surface area (Å²) in [6.07, 6.45) is 2.21. The van der Waals surface area contributed by atoms with Gasteiger partial charge in [0.05, 0.1) is 15.9 Å². The zero-order valence-electron chi connectivity index (χ0n) is 14.3. The average molecular weight is 368 g/mol. The van der Waals surface area contributed by atoms with Gasteiger partial charge in [-0.3, -0.25) is 9.59 Å². The Balaban J connectivity index is 1.34. The molecule has 1 aliphatic heterocycles. The third-order valence-corrected chi connectivity index (χ3v) is 5.51. The molecule has 4 rings (SSSR count). The molecule has 0 aliphatic carbocycles. The number of fused-ring (bicyclic) bond motifs is 1. The molecule has 1 fully saturated rings. The number of likely N-dealkylation sites (tertiary alicyclic amines) is 1. The number of rotatable bonds is 5. The smallest absolute Gasteiger partial charge is 0.264 e. The molecule has 7 heteroatoms. The molecule has 1 saturated heterocycles. The summed E-state index contributed by atoms with van der Waals surface area (Å²) in [7, 11) is 0. The average Bonchev–Trinajstić information content (AvgIpc) is 3.40. The van der Waals surface area contributed by atoms with Crippen molar-refractivity contribution in [1.82, 2.24) is 20.2 Å². The van der Waals surface area contributed by atoms with Gasteiger partial charge < -0.3 is 15.2 Å². The first-order valence-electron chi connectivity index (χ1n) is 8.78. The fraction of sp³-hybridized carbons (Fsp3) is 0.316. The Morgan fingerprint density at radius 3 is 2.96 bits per heavy atom. The normalized spacial score (nSPS) is 16.9. The van der Waals surface area contributed by atoms with E-state index >= 15 is 0 Å². The molecular formula is C19H20N4O2S. The van der Waals surface area contributed by atoms with Crippen molar-refractivity contribution in [2.24, 2.45) is 0 Å². The van der Waals surface area contributed by atoms with Crippen molar-refractivity contribution in [3.05, 3.63) is 52.5 Å². The molecule has 0 saturated carbocycles. The Kier molecular flexibility index (Phi) is 4.71. The molecule has 0 radical (unpaired) electrons. The maximum absolute atomic E-state index is 12.6. The first kappa shape index (κ1) is 16.8. The van der Waals surface area contributed by atoms with Crippen molar-refractivity contribution in [2.75, 3.05) is 13.1 Å². The van der Waals surface area contributed by atoms with Crippen LogP contribution < -0.4 is 5.32 Å². The first-order chi connectivity index (χ1) is 12.7. The van der Waals surface area contributed by atoms with Crippen LogP contribution in [-0.4, -0.2) is 45.8 Å². The van der Waals surface area contributed by atoms with Crippen molar-refractivity contribution in [2.45, 2.75) is 25.3 Å². The van der Waals surface area contributed by atoms with Gasteiger partial charge in [-0.05, 0) is 36.4 Å². The standard InChI is InChI=1S/C19H20N4O2S/c24-18(15-7-3-11-23(15)19(25)16-8-4-12-26-16)20-10-9-17-21-13-5-1-2-6-14(13)22-17/h1-2,4-6,8,12,15H,3,7,9-11H2,(H,20,24)(H,21,22)/t15-/m0/s1. The van der Waals surface area contributed by atoms with Crippen LogP contribution in [0.2, 0.25) is 0 Å². The summed E-state index contributed by atoms with van der Waals surface area (Å²) in [6.45, 7) is 1.13. The highest BCUT2D eigenvalue weighted by molar-refractivity contribution is 7.12. The zero-order chi connectivity index (χ0) is 17.9. The minimum absolute atomic E-state index is 0.0464. The Morgan fingerprint density at radius 2 is 2.15 bits per heavy atom. The van der Waals surface area contributed by atoms with E-state index in [0.717, 1.165) is 23.3 Å². The lowest BCUT2D eigenvalue weighted by molar-refractivity contribution is -0.124. The number of aromatic nitrogens is 2. The van der Waals surface area contributed by atoms with E-state index in [-0.39, 0.29) is 17.9 Å². The number of thiophene rings is 1. The molecule has 2 aromatic heterocycles. The van der Waals surface area contributed by atoms with E-state index in [1.165, 1.54) is 11.3 Å². The number of aromatic amines is 1. The number of carbonyl (C=O) groups excluding carboxylic acids is 2. The first-order valence-corrected chi connectivity index (χ1v) is 9.66. The van der Waals surface area contributed by atoms with Gasteiger partial charge >= 0.3 is 0 Å². The summed E-state index contributed by atoms with van der Waals surface area (Å²) >= 11 is 1.41. The number of imidazole rings is 1. The number of para-hydroxylation sites is 2. The number of H-pyrrole nitrogens is 1. The quantitative estimate of drug-likeness (QED) is 0.727. The van der Waals surface area contributed by atoms with Crippen molar-refractivity contribution in [3.63, 3.8) is 0 Å². The van der Waals surface area contributed by atoms with Gasteiger partial charge in [0.15, 0.2) is 0 Å². The number of nitrogens with zero attached hydrogens (tertiary/aromatic N) is 2. The van der Waals surface area contributed by atoms with Gasteiger partial charge in [-0.2, -0.15) is 0 Å². The zero-order valence-corrected chi connectivity index (χ0v) is 15.1. The van der Waals surface area contributed by atoms with Crippen LogP contribution in [0.25, 0.3) is 11.0 Å². The third-order valence-electron chi connectivity index (χ3n) is 4.65. The monoisotopic (exact) mass is 368 g/mol. The maximum atomic E-state index is 12.6. The minimum atomic E-state index is -0.375. The Bertz CT molecular complexity index is 886. The number of hydrogen-bond acceptors (Lipinski definition) is 4. The van der Waals surface area contributed by atoms with E-state index in [2.05, 4.69) is 15.3 Å². The third kappa shape index (κ3) is 3.35. The number of benzene rings is 1. The highest BCUT2D eigenvalue weighted by Crippen LogP contribution is 2.22. The van der Waals surface area contributed by atoms with E-state index in [9.17, 15) is 9.59 Å². The largest absolute Gasteiger partial charge is 0.354 e. The van der Waals surface area contributed by atoms with Gasteiger partial charge in [0, 0.05) is 19.5 Å². The maximum Gasteiger partial charge on any atom is 0.264 e. The number of nitrogens with one attached hydrogen (secondary N) is 2. The van der Waals surface area contributed by atoms with Gasteiger partial charge in [-0.15, -0.1) is 11.3 Å². The van der Waals surface area contributed by atoms with E-state index in [4.69, 9.17) is 0 Å². The molecule has 26 heavy (non-hydrogen) atoms. The fourth-order valence-corrected chi connectivity index (χ4v) is 4.05. The molecule has 0 unspecified atom stereocenters. The topological polar surface area (TPSA) is 78.1 Å². The molecule has 3 heterocycles. The Morgan fingerprint density at radius 1 is 1.27 bits per heavy atom. The van der Waals surface area contributed by atoms with Crippen molar-refractivity contribution in [3.8, 4) is 0 Å². The van der Waals surface area contributed by atoms with Crippen LogP contribution in [0.4, 0.5) is 0 Å². The van der Waals surface area contributed by atoms with E-state index in [1.54, 1.807) is 4.90 Å². The van der Waals surface area contributed by atoms with Crippen molar-refractivity contribution < 1.29 is 9.59 Å². The molecule has 2 amide bonds. The lowest BCUT2D eigenvalue weighted by Gasteiger charge is -2.23. The van der Waals surface area contributed by atoms with E-state index < -0.39 is 0 Å². The molecule has 0 spiro atoms. The van der Waals surface area contributed by atoms with Crippen LogP contribution in [0.5, 0.6) is 0 Å². The lowest BCUT2D eigenvalue weighted by atomic mass is 10.2. The second-order valence-electron chi connectivity index (χ2n) is 6.38. The van der Waals surface area contributed by atoms with Crippen LogP contribution in [0, 0.1) is 0 Å². The second-order valence-corrected chi connectivity index (χ2v) is 7.32. The van der Waals surface area contributed by atoms with Crippen LogP contribution >= 0.6 is 11.3 Å². The van der Waals surface area contributed by atoms with Gasteiger partial charge in [0.2, 0.25) is 5.91 Å². The highest BCUT2D eigenvalue weighted by atomic mass is 32.1. The summed E-state index contributed by atoms with van der Waals surface area (Å²) in [5.41, 5.74) is 1.93. The predicted molar refractivity (Wildman–Crippen MR) is 101 cm³/mol. The van der Waals surface area contributed by atoms with E-state index in [0.29, 0.717) is 30.8 Å². The Labute approximate surface area is 155 Å². The van der Waals surface area contributed by atoms with Gasteiger partial charge in [-0.1, -0.05) is 18.2 Å². The molecule has 1 aliphatic rings.